The molecule has 0 bridgehead atoms. The van der Waals surface area contributed by atoms with Crippen molar-refractivity contribution in [1.82, 2.24) is 24.7 Å². The molecular formula is C13H10F2N6. The van der Waals surface area contributed by atoms with E-state index >= 15 is 0 Å². The van der Waals surface area contributed by atoms with E-state index in [1.807, 2.05) is 0 Å². The molecule has 0 saturated carbocycles. The molecule has 0 unspecified atom stereocenters. The van der Waals surface area contributed by atoms with Crippen LogP contribution in [-0.4, -0.2) is 24.7 Å². The van der Waals surface area contributed by atoms with Crippen LogP contribution in [0.4, 0.5) is 20.5 Å². The minimum Gasteiger partial charge on any atom is -0.309 e. The first kappa shape index (κ1) is 13.1. The standard InChI is InChI=1S/C13H10F2N6/c1-21-12(3-5-17-21)20-13-16-4-2-9(18-13)8-6-10(14)19-11(15)7-8/h2-7H,1H3,(H,16,18,20). The summed E-state index contributed by atoms with van der Waals surface area (Å²) in [5, 5.41) is 6.97. The smallest absolute Gasteiger partial charge is 0.228 e. The summed E-state index contributed by atoms with van der Waals surface area (Å²) in [4.78, 5) is 11.3. The number of anilines is 2. The number of nitrogens with zero attached hydrogens (tertiary/aromatic N) is 5. The van der Waals surface area contributed by atoms with Crippen molar-refractivity contribution >= 4 is 11.8 Å². The molecule has 0 atom stereocenters. The van der Waals surface area contributed by atoms with Crippen LogP contribution in [0.3, 0.4) is 0 Å². The Bertz CT molecular complexity index is 766. The third kappa shape index (κ3) is 2.83. The molecule has 6 nitrogen and oxygen atoms in total. The van der Waals surface area contributed by atoms with Crippen molar-refractivity contribution in [3.05, 3.63) is 48.6 Å². The number of aryl methyl sites for hydroxylation is 1. The van der Waals surface area contributed by atoms with Crippen LogP contribution in [0, 0.1) is 11.9 Å². The summed E-state index contributed by atoms with van der Waals surface area (Å²) >= 11 is 0. The Hall–Kier alpha value is -2.90. The molecule has 0 amide bonds. The summed E-state index contributed by atoms with van der Waals surface area (Å²) in [6.07, 6.45) is 3.12. The van der Waals surface area contributed by atoms with Gasteiger partial charge in [-0.15, -0.1) is 0 Å². The Morgan fingerprint density at radius 1 is 1.05 bits per heavy atom. The highest BCUT2D eigenvalue weighted by molar-refractivity contribution is 5.60. The predicted molar refractivity (Wildman–Crippen MR) is 71.7 cm³/mol. The van der Waals surface area contributed by atoms with Gasteiger partial charge in [-0.1, -0.05) is 0 Å². The Kier molecular flexibility index (Phi) is 3.27. The highest BCUT2D eigenvalue weighted by atomic mass is 19.1. The number of hydrogen-bond donors (Lipinski definition) is 1. The predicted octanol–water partition coefficient (Wildman–Crippen LogP) is 2.29. The molecule has 3 heterocycles. The van der Waals surface area contributed by atoms with E-state index in [1.54, 1.807) is 30.1 Å². The molecule has 3 aromatic heterocycles. The van der Waals surface area contributed by atoms with Crippen LogP contribution in [0.25, 0.3) is 11.3 Å². The molecule has 3 aromatic rings. The number of hydrogen-bond acceptors (Lipinski definition) is 5. The molecule has 0 aromatic carbocycles. The molecule has 0 aliphatic heterocycles. The van der Waals surface area contributed by atoms with Crippen molar-refractivity contribution in [3.8, 4) is 11.3 Å². The molecule has 1 N–H and O–H groups in total. The number of aromatic nitrogens is 5. The van der Waals surface area contributed by atoms with Gasteiger partial charge in [0.05, 0.1) is 11.9 Å². The van der Waals surface area contributed by atoms with Gasteiger partial charge in [0, 0.05) is 37.0 Å². The number of nitrogens with one attached hydrogen (secondary N) is 1. The summed E-state index contributed by atoms with van der Waals surface area (Å²) in [5.41, 5.74) is 0.672. The quantitative estimate of drug-likeness (QED) is 0.749. The molecule has 0 saturated heterocycles. The lowest BCUT2D eigenvalue weighted by Crippen LogP contribution is -2.03. The van der Waals surface area contributed by atoms with Gasteiger partial charge in [0.15, 0.2) is 0 Å². The van der Waals surface area contributed by atoms with Crippen LogP contribution in [0.1, 0.15) is 0 Å². The van der Waals surface area contributed by atoms with Crippen LogP contribution < -0.4 is 5.32 Å². The first-order chi connectivity index (χ1) is 10.1. The molecule has 0 spiro atoms. The molecular weight excluding hydrogens is 278 g/mol. The highest BCUT2D eigenvalue weighted by Crippen LogP contribution is 2.20. The van der Waals surface area contributed by atoms with E-state index in [4.69, 9.17) is 0 Å². The maximum atomic E-state index is 13.2. The Morgan fingerprint density at radius 2 is 1.81 bits per heavy atom. The largest absolute Gasteiger partial charge is 0.309 e. The van der Waals surface area contributed by atoms with Gasteiger partial charge in [0.2, 0.25) is 17.8 Å². The van der Waals surface area contributed by atoms with Gasteiger partial charge >= 0.3 is 0 Å². The van der Waals surface area contributed by atoms with E-state index in [2.05, 4.69) is 25.4 Å². The van der Waals surface area contributed by atoms with Crippen LogP contribution >= 0.6 is 0 Å². The molecule has 0 radical (unpaired) electrons. The number of pyridine rings is 1. The van der Waals surface area contributed by atoms with E-state index in [0.29, 0.717) is 17.5 Å². The second-order valence-corrected chi connectivity index (χ2v) is 4.23. The molecule has 3 rings (SSSR count). The van der Waals surface area contributed by atoms with Gasteiger partial charge in [-0.3, -0.25) is 4.68 Å². The van der Waals surface area contributed by atoms with Crippen molar-refractivity contribution in [2.45, 2.75) is 0 Å². The van der Waals surface area contributed by atoms with Crippen LogP contribution in [0.5, 0.6) is 0 Å². The lowest BCUT2D eigenvalue weighted by atomic mass is 10.2. The first-order valence-electron chi connectivity index (χ1n) is 6.03. The summed E-state index contributed by atoms with van der Waals surface area (Å²) in [7, 11) is 1.76. The highest BCUT2D eigenvalue weighted by Gasteiger charge is 2.08. The zero-order valence-corrected chi connectivity index (χ0v) is 11.0. The average Bonchev–Trinajstić information content (AvgIpc) is 2.84. The molecule has 0 fully saturated rings. The Balaban J connectivity index is 1.94. The molecule has 8 heteroatoms. The SMILES string of the molecule is Cn1nccc1Nc1nccc(-c2cc(F)nc(F)c2)n1. The number of rotatable bonds is 3. The lowest BCUT2D eigenvalue weighted by molar-refractivity contribution is 0.513. The van der Waals surface area contributed by atoms with Crippen molar-refractivity contribution in [3.63, 3.8) is 0 Å². The van der Waals surface area contributed by atoms with Gasteiger partial charge in [-0.25, -0.2) is 9.97 Å². The normalized spacial score (nSPS) is 10.6. The Morgan fingerprint density at radius 3 is 2.48 bits per heavy atom. The molecule has 106 valence electrons. The van der Waals surface area contributed by atoms with Crippen molar-refractivity contribution < 1.29 is 8.78 Å². The summed E-state index contributed by atoms with van der Waals surface area (Å²) in [5.74, 6) is -0.803. The van der Waals surface area contributed by atoms with Gasteiger partial charge in [0.1, 0.15) is 5.82 Å². The maximum Gasteiger partial charge on any atom is 0.228 e. The fraction of sp³-hybridized carbons (Fsp3) is 0.0769. The van der Waals surface area contributed by atoms with Crippen LogP contribution in [0.2, 0.25) is 0 Å². The van der Waals surface area contributed by atoms with Gasteiger partial charge in [-0.2, -0.15) is 18.9 Å². The monoisotopic (exact) mass is 288 g/mol. The molecule has 21 heavy (non-hydrogen) atoms. The Labute approximate surface area is 118 Å². The van der Waals surface area contributed by atoms with Crippen molar-refractivity contribution in [2.75, 3.05) is 5.32 Å². The van der Waals surface area contributed by atoms with Crippen LogP contribution in [-0.2, 0) is 7.05 Å². The third-order valence-corrected chi connectivity index (χ3v) is 2.77. The second kappa shape index (κ2) is 5.23. The summed E-state index contributed by atoms with van der Waals surface area (Å²) < 4.78 is 27.9. The van der Waals surface area contributed by atoms with E-state index in [9.17, 15) is 8.78 Å². The fourth-order valence-electron chi connectivity index (χ4n) is 1.80. The van der Waals surface area contributed by atoms with Crippen molar-refractivity contribution in [1.29, 1.82) is 0 Å². The lowest BCUT2D eigenvalue weighted by Gasteiger charge is -2.06. The minimum absolute atomic E-state index is 0.287. The van der Waals surface area contributed by atoms with E-state index in [0.717, 1.165) is 12.1 Å². The zero-order chi connectivity index (χ0) is 14.8. The number of halogens is 2. The van der Waals surface area contributed by atoms with Gasteiger partial charge in [0.25, 0.3) is 0 Å². The summed E-state index contributed by atoms with van der Waals surface area (Å²) in [6.45, 7) is 0. The first-order valence-corrected chi connectivity index (χ1v) is 6.03. The average molecular weight is 288 g/mol. The fourth-order valence-corrected chi connectivity index (χ4v) is 1.80. The second-order valence-electron chi connectivity index (χ2n) is 4.23. The van der Waals surface area contributed by atoms with Crippen molar-refractivity contribution in [2.24, 2.45) is 7.05 Å². The van der Waals surface area contributed by atoms with E-state index in [-0.39, 0.29) is 5.56 Å². The minimum atomic E-state index is -0.898. The van der Waals surface area contributed by atoms with Gasteiger partial charge in [-0.05, 0) is 6.07 Å². The summed E-state index contributed by atoms with van der Waals surface area (Å²) in [6, 6.07) is 5.53. The zero-order valence-electron chi connectivity index (χ0n) is 11.0. The van der Waals surface area contributed by atoms with Gasteiger partial charge < -0.3 is 5.32 Å². The van der Waals surface area contributed by atoms with E-state index in [1.165, 1.54) is 6.20 Å². The molecule has 0 aliphatic carbocycles. The van der Waals surface area contributed by atoms with E-state index < -0.39 is 11.9 Å². The molecule has 0 aliphatic rings. The third-order valence-electron chi connectivity index (χ3n) is 2.77. The van der Waals surface area contributed by atoms with Crippen LogP contribution in [0.15, 0.2) is 36.7 Å². The maximum absolute atomic E-state index is 13.2. The topological polar surface area (TPSA) is 68.5 Å².